The van der Waals surface area contributed by atoms with E-state index in [4.69, 9.17) is 11.6 Å². The molecule has 0 amide bonds. The summed E-state index contributed by atoms with van der Waals surface area (Å²) in [6, 6.07) is 14.9. The summed E-state index contributed by atoms with van der Waals surface area (Å²) in [6.07, 6.45) is 0. The van der Waals surface area contributed by atoms with Crippen molar-refractivity contribution in [3.8, 4) is 5.69 Å². The maximum atomic E-state index is 6.11. The highest BCUT2D eigenvalue weighted by Crippen LogP contribution is 2.26. The van der Waals surface area contributed by atoms with E-state index >= 15 is 0 Å². The zero-order valence-electron chi connectivity index (χ0n) is 12.0. The van der Waals surface area contributed by atoms with Gasteiger partial charge in [0.1, 0.15) is 5.82 Å². The molecule has 0 unspecified atom stereocenters. The van der Waals surface area contributed by atoms with Crippen LogP contribution in [0.2, 0.25) is 0 Å². The van der Waals surface area contributed by atoms with E-state index in [9.17, 15) is 0 Å². The first-order valence-corrected chi connectivity index (χ1v) is 8.54. The Kier molecular flexibility index (Phi) is 4.22. The molecule has 0 saturated carbocycles. The smallest absolute Gasteiger partial charge is 0.129 e. The van der Waals surface area contributed by atoms with E-state index in [-0.39, 0.29) is 0 Å². The first-order valence-electron chi connectivity index (χ1n) is 6.93. The van der Waals surface area contributed by atoms with Gasteiger partial charge in [-0.1, -0.05) is 26.0 Å². The van der Waals surface area contributed by atoms with Gasteiger partial charge in [0.2, 0.25) is 0 Å². The maximum Gasteiger partial charge on any atom is 0.129 e. The Balaban J connectivity index is 2.25. The Morgan fingerprint density at radius 3 is 2.71 bits per heavy atom. The lowest BCUT2D eigenvalue weighted by Crippen LogP contribution is -2.00. The van der Waals surface area contributed by atoms with Gasteiger partial charge in [-0.25, -0.2) is 4.98 Å². The Labute approximate surface area is 143 Å². The minimum absolute atomic E-state index is 0.400. The molecule has 2 aromatic carbocycles. The van der Waals surface area contributed by atoms with E-state index in [0.29, 0.717) is 11.8 Å². The number of hydrogen-bond donors (Lipinski definition) is 0. The molecule has 0 radical (unpaired) electrons. The Hall–Kier alpha value is -1.07. The van der Waals surface area contributed by atoms with Gasteiger partial charge < -0.3 is 0 Å². The predicted octanol–water partition coefficient (Wildman–Crippen LogP) is 5.49. The summed E-state index contributed by atoms with van der Waals surface area (Å²) >= 11 is 8.42. The summed E-state index contributed by atoms with van der Waals surface area (Å²) in [5.41, 5.74) is 4.54. The highest BCUT2D eigenvalue weighted by Gasteiger charge is 2.12. The molecular formula is C17H16ClIN2. The number of benzene rings is 2. The van der Waals surface area contributed by atoms with Crippen molar-refractivity contribution in [2.24, 2.45) is 0 Å². The first kappa shape index (κ1) is 14.9. The van der Waals surface area contributed by atoms with E-state index in [1.54, 1.807) is 0 Å². The Morgan fingerprint density at radius 2 is 2.00 bits per heavy atom. The van der Waals surface area contributed by atoms with Crippen LogP contribution in [0.5, 0.6) is 0 Å². The molecule has 0 spiro atoms. The van der Waals surface area contributed by atoms with Crippen LogP contribution in [0.3, 0.4) is 0 Å². The molecule has 1 heterocycles. The Morgan fingerprint density at radius 1 is 1.19 bits per heavy atom. The van der Waals surface area contributed by atoms with Gasteiger partial charge in [0, 0.05) is 9.26 Å². The van der Waals surface area contributed by atoms with Crippen LogP contribution in [-0.2, 0) is 5.88 Å². The zero-order valence-corrected chi connectivity index (χ0v) is 14.9. The van der Waals surface area contributed by atoms with Gasteiger partial charge in [-0.3, -0.25) is 4.57 Å². The van der Waals surface area contributed by atoms with Crippen molar-refractivity contribution < 1.29 is 0 Å². The van der Waals surface area contributed by atoms with Gasteiger partial charge >= 0.3 is 0 Å². The van der Waals surface area contributed by atoms with E-state index < -0.39 is 0 Å². The molecule has 3 aromatic rings. The highest BCUT2D eigenvalue weighted by molar-refractivity contribution is 14.1. The summed E-state index contributed by atoms with van der Waals surface area (Å²) in [6.45, 7) is 4.41. The SMILES string of the molecule is CC(C)c1cccc(-n2c(CCl)nc3cc(I)ccc32)c1. The number of halogens is 2. The third kappa shape index (κ3) is 2.81. The lowest BCUT2D eigenvalue weighted by Gasteiger charge is -2.11. The molecule has 1 aromatic heterocycles. The quantitative estimate of drug-likeness (QED) is 0.412. The molecule has 0 aliphatic carbocycles. The van der Waals surface area contributed by atoms with Crippen molar-refractivity contribution in [1.29, 1.82) is 0 Å². The second-order valence-electron chi connectivity index (χ2n) is 5.38. The van der Waals surface area contributed by atoms with Crippen molar-refractivity contribution in [2.75, 3.05) is 0 Å². The zero-order chi connectivity index (χ0) is 15.0. The second-order valence-corrected chi connectivity index (χ2v) is 6.89. The molecular weight excluding hydrogens is 395 g/mol. The van der Waals surface area contributed by atoms with Crippen molar-refractivity contribution >= 4 is 45.2 Å². The van der Waals surface area contributed by atoms with E-state index in [2.05, 4.69) is 88.5 Å². The third-order valence-electron chi connectivity index (χ3n) is 3.60. The van der Waals surface area contributed by atoms with Crippen LogP contribution in [0.25, 0.3) is 16.7 Å². The van der Waals surface area contributed by atoms with Crippen molar-refractivity contribution in [2.45, 2.75) is 25.6 Å². The molecule has 21 heavy (non-hydrogen) atoms. The second kappa shape index (κ2) is 5.97. The van der Waals surface area contributed by atoms with Gasteiger partial charge in [0.15, 0.2) is 0 Å². The lowest BCUT2D eigenvalue weighted by molar-refractivity contribution is 0.861. The normalized spacial score (nSPS) is 11.5. The number of rotatable bonds is 3. The molecule has 0 atom stereocenters. The van der Waals surface area contributed by atoms with Crippen LogP contribution in [0.4, 0.5) is 0 Å². The van der Waals surface area contributed by atoms with Crippen molar-refractivity contribution in [3.05, 3.63) is 57.4 Å². The maximum absolute atomic E-state index is 6.11. The van der Waals surface area contributed by atoms with Gasteiger partial charge in [-0.05, 0) is 64.4 Å². The van der Waals surface area contributed by atoms with E-state index in [0.717, 1.165) is 22.5 Å². The molecule has 0 bridgehead atoms. The fourth-order valence-corrected chi connectivity index (χ4v) is 3.16. The fraction of sp³-hybridized carbons (Fsp3) is 0.235. The third-order valence-corrected chi connectivity index (χ3v) is 4.51. The average Bonchev–Trinajstić information content (AvgIpc) is 2.84. The molecule has 0 aliphatic rings. The van der Waals surface area contributed by atoms with Gasteiger partial charge in [-0.2, -0.15) is 0 Å². The molecule has 0 N–H and O–H groups in total. The number of nitrogens with zero attached hydrogens (tertiary/aromatic N) is 2. The van der Waals surface area contributed by atoms with E-state index in [1.807, 2.05) is 0 Å². The first-order chi connectivity index (χ1) is 10.1. The van der Waals surface area contributed by atoms with Crippen LogP contribution >= 0.6 is 34.2 Å². The number of aromatic nitrogens is 2. The van der Waals surface area contributed by atoms with Crippen molar-refractivity contribution in [3.63, 3.8) is 0 Å². The molecule has 0 saturated heterocycles. The number of hydrogen-bond acceptors (Lipinski definition) is 1. The van der Waals surface area contributed by atoms with Crippen LogP contribution in [0, 0.1) is 3.57 Å². The highest BCUT2D eigenvalue weighted by atomic mass is 127. The molecule has 0 aliphatic heterocycles. The van der Waals surface area contributed by atoms with Gasteiger partial charge in [0.25, 0.3) is 0 Å². The largest absolute Gasteiger partial charge is 0.295 e. The van der Waals surface area contributed by atoms with Crippen molar-refractivity contribution in [1.82, 2.24) is 9.55 Å². The fourth-order valence-electron chi connectivity index (χ4n) is 2.50. The summed E-state index contributed by atoms with van der Waals surface area (Å²) in [5, 5.41) is 0. The van der Waals surface area contributed by atoms with Gasteiger partial charge in [0.05, 0.1) is 16.9 Å². The minimum atomic E-state index is 0.400. The molecule has 0 fully saturated rings. The number of fused-ring (bicyclic) bond motifs is 1. The number of alkyl halides is 1. The average molecular weight is 411 g/mol. The van der Waals surface area contributed by atoms with Crippen LogP contribution in [0.15, 0.2) is 42.5 Å². The lowest BCUT2D eigenvalue weighted by atomic mass is 10.0. The predicted molar refractivity (Wildman–Crippen MR) is 97.4 cm³/mol. The van der Waals surface area contributed by atoms with Crippen LogP contribution < -0.4 is 0 Å². The molecule has 3 rings (SSSR count). The molecule has 2 nitrogen and oxygen atoms in total. The van der Waals surface area contributed by atoms with Gasteiger partial charge in [-0.15, -0.1) is 11.6 Å². The van der Waals surface area contributed by atoms with Crippen LogP contribution in [-0.4, -0.2) is 9.55 Å². The topological polar surface area (TPSA) is 17.8 Å². The standard InChI is InChI=1S/C17H16ClIN2/c1-11(2)12-4-3-5-14(8-12)21-16-7-6-13(19)9-15(16)20-17(21)10-18/h3-9,11H,10H2,1-2H3. The van der Waals surface area contributed by atoms with E-state index in [1.165, 1.54) is 9.13 Å². The Bertz CT molecular complexity index is 793. The molecule has 4 heteroatoms. The summed E-state index contributed by atoms with van der Waals surface area (Å²) < 4.78 is 3.34. The summed E-state index contributed by atoms with van der Waals surface area (Å²) in [7, 11) is 0. The molecule has 108 valence electrons. The number of imidazole rings is 1. The summed E-state index contributed by atoms with van der Waals surface area (Å²) in [5.74, 6) is 1.78. The minimum Gasteiger partial charge on any atom is -0.295 e. The van der Waals surface area contributed by atoms with Crippen LogP contribution in [0.1, 0.15) is 31.2 Å². The monoisotopic (exact) mass is 410 g/mol. The summed E-state index contributed by atoms with van der Waals surface area (Å²) in [4.78, 5) is 4.67.